The molecule has 182 valence electrons. The molecule has 2 N–H and O–H groups in total. The quantitative estimate of drug-likeness (QED) is 0.691. The summed E-state index contributed by atoms with van der Waals surface area (Å²) in [5.41, 5.74) is 2.82. The van der Waals surface area contributed by atoms with Crippen LogP contribution in [0.2, 0.25) is 5.02 Å². The fourth-order valence-electron chi connectivity index (χ4n) is 5.95. The van der Waals surface area contributed by atoms with E-state index >= 15 is 0 Å². The molecule has 1 amide bonds. The third kappa shape index (κ3) is 4.41. The lowest BCUT2D eigenvalue weighted by Crippen LogP contribution is -2.53. The smallest absolute Gasteiger partial charge is 0.231 e. The summed E-state index contributed by atoms with van der Waals surface area (Å²) in [6.07, 6.45) is 3.72. The summed E-state index contributed by atoms with van der Waals surface area (Å²) in [5.74, 6) is 1.04. The van der Waals surface area contributed by atoms with Crippen molar-refractivity contribution in [3.05, 3.63) is 52.4 Å². The molecule has 0 bridgehead atoms. The number of aliphatic hydroxyl groups is 1. The molecular weight excluding hydrogens is 450 g/mol. The first-order valence-electron chi connectivity index (χ1n) is 12.3. The average molecular weight is 484 g/mol. The second-order valence-electron chi connectivity index (χ2n) is 10.7. The van der Waals surface area contributed by atoms with Crippen LogP contribution in [0.5, 0.6) is 0 Å². The second kappa shape index (κ2) is 9.10. The van der Waals surface area contributed by atoms with Gasteiger partial charge >= 0.3 is 0 Å². The topological polar surface area (TPSA) is 81.6 Å². The van der Waals surface area contributed by atoms with Crippen molar-refractivity contribution in [2.24, 2.45) is 0 Å². The second-order valence-corrected chi connectivity index (χ2v) is 11.1. The van der Waals surface area contributed by atoms with Gasteiger partial charge in [-0.2, -0.15) is 0 Å². The third-order valence-electron chi connectivity index (χ3n) is 7.70. The zero-order valence-electron chi connectivity index (χ0n) is 20.2. The zero-order valence-corrected chi connectivity index (χ0v) is 20.9. The number of halogens is 1. The number of carbonyl (C=O) groups is 1. The van der Waals surface area contributed by atoms with E-state index in [2.05, 4.69) is 41.0 Å². The molecule has 2 aromatic rings. The van der Waals surface area contributed by atoms with E-state index in [4.69, 9.17) is 11.6 Å². The minimum Gasteiger partial charge on any atom is -0.387 e. The standard InChI is InChI=1S/C26H34ClN5O2/c1-16-13-20(33)23-21(16)24(29-15-28-23)31-9-11-32(12-10-31)25(34)22(17-5-4-6-18(27)14-17)19-7-8-26(2,3)30-19/h4-6,14-16,19-20,22,30,33H,7-13H2,1-3H3/t16?,19-,20+,22?/m0/s1. The van der Waals surface area contributed by atoms with Gasteiger partial charge in [-0.3, -0.25) is 4.79 Å². The molecule has 3 aliphatic rings. The van der Waals surface area contributed by atoms with Gasteiger partial charge in [0.1, 0.15) is 12.1 Å². The van der Waals surface area contributed by atoms with Crippen LogP contribution in [-0.4, -0.2) is 63.6 Å². The van der Waals surface area contributed by atoms with E-state index in [1.54, 1.807) is 6.33 Å². The van der Waals surface area contributed by atoms with Gasteiger partial charge in [0.2, 0.25) is 5.91 Å². The minimum absolute atomic E-state index is 0.0229. The van der Waals surface area contributed by atoms with Crippen molar-refractivity contribution in [3.63, 3.8) is 0 Å². The van der Waals surface area contributed by atoms with Crippen LogP contribution in [0.3, 0.4) is 0 Å². The average Bonchev–Trinajstić information content (AvgIpc) is 3.32. The highest BCUT2D eigenvalue weighted by Gasteiger charge is 2.41. The van der Waals surface area contributed by atoms with Gasteiger partial charge in [0, 0.05) is 48.3 Å². The molecule has 2 unspecified atom stereocenters. The number of aliphatic hydroxyl groups excluding tert-OH is 1. The van der Waals surface area contributed by atoms with Crippen molar-refractivity contribution in [1.29, 1.82) is 0 Å². The first-order chi connectivity index (χ1) is 16.2. The Labute approximate surface area is 206 Å². The molecule has 2 saturated heterocycles. The molecule has 0 saturated carbocycles. The maximum atomic E-state index is 13.9. The van der Waals surface area contributed by atoms with Crippen LogP contribution in [0.4, 0.5) is 5.82 Å². The Kier molecular flexibility index (Phi) is 6.29. The molecule has 1 aromatic carbocycles. The number of benzene rings is 1. The number of hydrogen-bond acceptors (Lipinski definition) is 6. The molecule has 8 heteroatoms. The maximum absolute atomic E-state index is 13.9. The number of carbonyl (C=O) groups excluding carboxylic acids is 1. The molecule has 34 heavy (non-hydrogen) atoms. The lowest BCUT2D eigenvalue weighted by Gasteiger charge is -2.39. The van der Waals surface area contributed by atoms with Gasteiger partial charge in [0.25, 0.3) is 0 Å². The number of aromatic nitrogens is 2. The number of amides is 1. The van der Waals surface area contributed by atoms with E-state index in [1.807, 2.05) is 29.2 Å². The van der Waals surface area contributed by atoms with Crippen molar-refractivity contribution >= 4 is 23.3 Å². The monoisotopic (exact) mass is 483 g/mol. The van der Waals surface area contributed by atoms with Gasteiger partial charge in [0.15, 0.2) is 0 Å². The van der Waals surface area contributed by atoms with Gasteiger partial charge in [-0.05, 0) is 56.7 Å². The lowest BCUT2D eigenvalue weighted by molar-refractivity contribution is -0.133. The zero-order chi connectivity index (χ0) is 24.0. The number of hydrogen-bond donors (Lipinski definition) is 2. The van der Waals surface area contributed by atoms with Gasteiger partial charge in [-0.1, -0.05) is 30.7 Å². The Morgan fingerprint density at radius 3 is 2.68 bits per heavy atom. The summed E-state index contributed by atoms with van der Waals surface area (Å²) in [4.78, 5) is 27.0. The van der Waals surface area contributed by atoms with Gasteiger partial charge < -0.3 is 20.2 Å². The molecule has 0 radical (unpaired) electrons. The summed E-state index contributed by atoms with van der Waals surface area (Å²) < 4.78 is 0. The van der Waals surface area contributed by atoms with Gasteiger partial charge in [-0.25, -0.2) is 9.97 Å². The largest absolute Gasteiger partial charge is 0.387 e. The predicted octanol–water partition coefficient (Wildman–Crippen LogP) is 3.63. The van der Waals surface area contributed by atoms with E-state index in [9.17, 15) is 9.90 Å². The molecule has 3 heterocycles. The fourth-order valence-corrected chi connectivity index (χ4v) is 6.15. The fraction of sp³-hybridized carbons (Fsp3) is 0.577. The van der Waals surface area contributed by atoms with E-state index < -0.39 is 6.10 Å². The Morgan fingerprint density at radius 1 is 1.24 bits per heavy atom. The van der Waals surface area contributed by atoms with Crippen molar-refractivity contribution in [3.8, 4) is 0 Å². The lowest BCUT2D eigenvalue weighted by atomic mass is 9.88. The summed E-state index contributed by atoms with van der Waals surface area (Å²) >= 11 is 6.32. The SMILES string of the molecule is CC1C[C@@H](O)c2ncnc(N3CCN(C(=O)C(c4cccc(Cl)c4)[C@@H]4CCC(C)(C)N4)CC3)c21. The number of rotatable bonds is 4. The highest BCUT2D eigenvalue weighted by molar-refractivity contribution is 6.30. The Morgan fingerprint density at radius 2 is 2.00 bits per heavy atom. The van der Waals surface area contributed by atoms with E-state index in [1.165, 1.54) is 0 Å². The highest BCUT2D eigenvalue weighted by atomic mass is 35.5. The molecular formula is C26H34ClN5O2. The molecule has 7 nitrogen and oxygen atoms in total. The maximum Gasteiger partial charge on any atom is 0.231 e. The first-order valence-corrected chi connectivity index (χ1v) is 12.7. The Balaban J connectivity index is 1.34. The first kappa shape index (κ1) is 23.5. The van der Waals surface area contributed by atoms with E-state index in [0.29, 0.717) is 37.6 Å². The number of fused-ring (bicyclic) bond motifs is 1. The third-order valence-corrected chi connectivity index (χ3v) is 7.94. The molecule has 2 fully saturated rings. The summed E-state index contributed by atoms with van der Waals surface area (Å²) in [6, 6.07) is 7.83. The molecule has 1 aliphatic carbocycles. The van der Waals surface area contributed by atoms with Crippen molar-refractivity contribution in [2.75, 3.05) is 31.1 Å². The van der Waals surface area contributed by atoms with E-state index in [0.717, 1.165) is 35.5 Å². The van der Waals surface area contributed by atoms with Crippen molar-refractivity contribution in [1.82, 2.24) is 20.2 Å². The number of piperazine rings is 1. The minimum atomic E-state index is -0.517. The van der Waals surface area contributed by atoms with Gasteiger partial charge in [0.05, 0.1) is 17.7 Å². The van der Waals surface area contributed by atoms with Crippen LogP contribution >= 0.6 is 11.6 Å². The molecule has 0 spiro atoms. The van der Waals surface area contributed by atoms with Crippen LogP contribution in [0.1, 0.15) is 74.8 Å². The van der Waals surface area contributed by atoms with Crippen LogP contribution in [0.15, 0.2) is 30.6 Å². The Hall–Kier alpha value is -2.22. The summed E-state index contributed by atoms with van der Waals surface area (Å²) in [5, 5.41) is 14.7. The van der Waals surface area contributed by atoms with Crippen LogP contribution in [-0.2, 0) is 4.79 Å². The summed E-state index contributed by atoms with van der Waals surface area (Å²) in [6.45, 7) is 9.22. The Bertz CT molecular complexity index is 1070. The van der Waals surface area contributed by atoms with Crippen molar-refractivity contribution < 1.29 is 9.90 Å². The molecule has 5 rings (SSSR count). The summed E-state index contributed by atoms with van der Waals surface area (Å²) in [7, 11) is 0. The van der Waals surface area contributed by atoms with Crippen LogP contribution in [0.25, 0.3) is 0 Å². The highest BCUT2D eigenvalue weighted by Crippen LogP contribution is 2.43. The molecule has 4 atom stereocenters. The van der Waals surface area contributed by atoms with Crippen LogP contribution < -0.4 is 10.2 Å². The normalized spacial score (nSPS) is 27.0. The predicted molar refractivity (Wildman–Crippen MR) is 133 cm³/mol. The van der Waals surface area contributed by atoms with Gasteiger partial charge in [-0.15, -0.1) is 0 Å². The van der Waals surface area contributed by atoms with Crippen LogP contribution in [0, 0.1) is 0 Å². The van der Waals surface area contributed by atoms with Crippen molar-refractivity contribution in [2.45, 2.75) is 69.6 Å². The number of nitrogens with zero attached hydrogens (tertiary/aromatic N) is 4. The number of nitrogens with one attached hydrogen (secondary N) is 1. The number of anilines is 1. The van der Waals surface area contributed by atoms with E-state index in [-0.39, 0.29) is 29.3 Å². The molecule has 2 aliphatic heterocycles. The molecule has 1 aromatic heterocycles.